The Bertz CT molecular complexity index is 444. The molecule has 0 aromatic carbocycles. The van der Waals surface area contributed by atoms with Crippen LogP contribution < -0.4 is 5.32 Å². The third kappa shape index (κ3) is 3.17. The molecule has 0 aromatic heterocycles. The van der Waals surface area contributed by atoms with Crippen LogP contribution in [-0.2, 0) is 4.74 Å². The van der Waals surface area contributed by atoms with Crippen molar-refractivity contribution in [3.05, 3.63) is 0 Å². The van der Waals surface area contributed by atoms with Gasteiger partial charge in [0.2, 0.25) is 0 Å². The molecule has 0 radical (unpaired) electrons. The zero-order valence-corrected chi connectivity index (χ0v) is 15.4. The molecule has 5 heteroatoms. The minimum atomic E-state index is 0.529. The highest BCUT2D eigenvalue weighted by molar-refractivity contribution is 5.80. The van der Waals surface area contributed by atoms with Gasteiger partial charge in [-0.05, 0) is 39.7 Å². The van der Waals surface area contributed by atoms with Crippen LogP contribution in [0.3, 0.4) is 0 Å². The molecule has 4 atom stereocenters. The van der Waals surface area contributed by atoms with Crippen molar-refractivity contribution in [2.24, 2.45) is 16.8 Å². The summed E-state index contributed by atoms with van der Waals surface area (Å²) < 4.78 is 6.10. The van der Waals surface area contributed by atoms with E-state index in [2.05, 4.69) is 29.1 Å². The van der Waals surface area contributed by atoms with Gasteiger partial charge in [-0.3, -0.25) is 4.99 Å². The number of rotatable bonds is 5. The van der Waals surface area contributed by atoms with Crippen LogP contribution in [0.15, 0.2) is 4.99 Å². The van der Waals surface area contributed by atoms with Gasteiger partial charge in [0.1, 0.15) is 0 Å². The molecule has 3 heterocycles. The fourth-order valence-corrected chi connectivity index (χ4v) is 5.40. The molecule has 4 aliphatic rings. The first-order chi connectivity index (χ1) is 11.8. The fourth-order valence-electron chi connectivity index (χ4n) is 5.40. The molecule has 4 fully saturated rings. The normalized spacial score (nSPS) is 36.1. The summed E-state index contributed by atoms with van der Waals surface area (Å²) in [6.45, 7) is 7.38. The topological polar surface area (TPSA) is 40.1 Å². The summed E-state index contributed by atoms with van der Waals surface area (Å²) in [7, 11) is 2.27. The Morgan fingerprint density at radius 2 is 1.79 bits per heavy atom. The number of nitrogens with one attached hydrogen (secondary N) is 1. The van der Waals surface area contributed by atoms with Gasteiger partial charge in [-0.25, -0.2) is 0 Å². The Hall–Kier alpha value is -0.810. The van der Waals surface area contributed by atoms with Crippen LogP contribution in [0.4, 0.5) is 0 Å². The van der Waals surface area contributed by atoms with Crippen molar-refractivity contribution in [1.29, 1.82) is 0 Å². The second kappa shape index (κ2) is 7.20. The van der Waals surface area contributed by atoms with E-state index in [9.17, 15) is 0 Å². The van der Waals surface area contributed by atoms with Gasteiger partial charge in [0.05, 0.1) is 18.8 Å². The molecule has 1 saturated carbocycles. The van der Waals surface area contributed by atoms with E-state index in [4.69, 9.17) is 9.73 Å². The Labute approximate surface area is 146 Å². The maximum atomic E-state index is 6.10. The average molecular weight is 335 g/mol. The average Bonchev–Trinajstić information content (AvgIpc) is 3.36. The first-order valence-electron chi connectivity index (χ1n) is 10.1. The minimum Gasteiger partial charge on any atom is -0.374 e. The Balaban J connectivity index is 1.32. The molecule has 3 aliphatic heterocycles. The summed E-state index contributed by atoms with van der Waals surface area (Å²) in [5.74, 6) is 2.62. The van der Waals surface area contributed by atoms with Crippen LogP contribution in [0.1, 0.15) is 45.4 Å². The molecule has 24 heavy (non-hydrogen) atoms. The minimum absolute atomic E-state index is 0.529. The second-order valence-corrected chi connectivity index (χ2v) is 8.18. The monoisotopic (exact) mass is 334 g/mol. The van der Waals surface area contributed by atoms with Gasteiger partial charge >= 0.3 is 0 Å². The van der Waals surface area contributed by atoms with Crippen molar-refractivity contribution < 1.29 is 4.74 Å². The van der Waals surface area contributed by atoms with Gasteiger partial charge in [0.25, 0.3) is 0 Å². The van der Waals surface area contributed by atoms with E-state index in [0.717, 1.165) is 56.6 Å². The van der Waals surface area contributed by atoms with Crippen LogP contribution >= 0.6 is 0 Å². The van der Waals surface area contributed by atoms with Crippen molar-refractivity contribution in [3.8, 4) is 0 Å². The van der Waals surface area contributed by atoms with E-state index in [1.807, 2.05) is 0 Å². The molecule has 0 spiro atoms. The number of fused-ring (bicyclic) bond motifs is 5. The van der Waals surface area contributed by atoms with E-state index < -0.39 is 0 Å². The molecular weight excluding hydrogens is 300 g/mol. The van der Waals surface area contributed by atoms with Crippen LogP contribution in [0.5, 0.6) is 0 Å². The molecule has 136 valence electrons. The maximum Gasteiger partial charge on any atom is 0.193 e. The molecule has 1 N–H and O–H groups in total. The number of likely N-dealkylation sites (tertiary alicyclic amines) is 1. The summed E-state index contributed by atoms with van der Waals surface area (Å²) in [6, 6.07) is 0.793. The SMILES string of the molecule is CCNC(=NCCN(C)C1CCCC1)N1CC2C3CCC(O3)C2C1. The molecule has 0 amide bonds. The molecule has 4 rings (SSSR count). The van der Waals surface area contributed by atoms with E-state index in [1.54, 1.807) is 0 Å². The number of likely N-dealkylation sites (N-methyl/N-ethyl adjacent to an activating group) is 1. The van der Waals surface area contributed by atoms with Crippen LogP contribution in [0, 0.1) is 11.8 Å². The van der Waals surface area contributed by atoms with E-state index in [0.29, 0.717) is 12.2 Å². The highest BCUT2D eigenvalue weighted by Crippen LogP contribution is 2.47. The lowest BCUT2D eigenvalue weighted by atomic mass is 9.82. The number of hydrogen-bond acceptors (Lipinski definition) is 3. The zero-order valence-electron chi connectivity index (χ0n) is 15.4. The molecule has 1 aliphatic carbocycles. The Morgan fingerprint density at radius 1 is 1.12 bits per heavy atom. The molecule has 4 unspecified atom stereocenters. The third-order valence-corrected chi connectivity index (χ3v) is 6.75. The number of ether oxygens (including phenoxy) is 1. The van der Waals surface area contributed by atoms with E-state index >= 15 is 0 Å². The lowest BCUT2D eigenvalue weighted by molar-refractivity contribution is 0.0767. The summed E-state index contributed by atoms with van der Waals surface area (Å²) in [4.78, 5) is 9.98. The van der Waals surface area contributed by atoms with Crippen molar-refractivity contribution in [2.75, 3.05) is 39.8 Å². The Kier molecular flexibility index (Phi) is 5.00. The third-order valence-electron chi connectivity index (χ3n) is 6.75. The van der Waals surface area contributed by atoms with Gasteiger partial charge in [-0.15, -0.1) is 0 Å². The van der Waals surface area contributed by atoms with Gasteiger partial charge in [-0.2, -0.15) is 0 Å². The number of aliphatic imine (C=N–C) groups is 1. The predicted octanol–water partition coefficient (Wildman–Crippen LogP) is 1.94. The lowest BCUT2D eigenvalue weighted by Gasteiger charge is -2.25. The quantitative estimate of drug-likeness (QED) is 0.616. The van der Waals surface area contributed by atoms with E-state index in [1.165, 1.54) is 38.5 Å². The first kappa shape index (κ1) is 16.6. The highest BCUT2D eigenvalue weighted by atomic mass is 16.5. The summed E-state index contributed by atoms with van der Waals surface area (Å²) in [5.41, 5.74) is 0. The van der Waals surface area contributed by atoms with Crippen LogP contribution in [0.25, 0.3) is 0 Å². The van der Waals surface area contributed by atoms with Crippen molar-refractivity contribution in [3.63, 3.8) is 0 Å². The molecular formula is C19H34N4O. The number of guanidine groups is 1. The van der Waals surface area contributed by atoms with Gasteiger partial charge in [0.15, 0.2) is 5.96 Å². The van der Waals surface area contributed by atoms with Crippen molar-refractivity contribution in [2.45, 2.75) is 63.7 Å². The largest absolute Gasteiger partial charge is 0.374 e. The summed E-state index contributed by atoms with van der Waals surface area (Å²) in [5, 5.41) is 3.52. The van der Waals surface area contributed by atoms with Gasteiger partial charge < -0.3 is 19.9 Å². The first-order valence-corrected chi connectivity index (χ1v) is 10.1. The molecule has 3 saturated heterocycles. The summed E-state index contributed by atoms with van der Waals surface area (Å²) >= 11 is 0. The van der Waals surface area contributed by atoms with Crippen LogP contribution in [-0.4, -0.2) is 73.8 Å². The molecule has 5 nitrogen and oxygen atoms in total. The maximum absolute atomic E-state index is 6.10. The molecule has 2 bridgehead atoms. The van der Waals surface area contributed by atoms with Crippen LogP contribution in [0.2, 0.25) is 0 Å². The summed E-state index contributed by atoms with van der Waals surface area (Å²) in [6.07, 6.45) is 9.17. The van der Waals surface area contributed by atoms with Gasteiger partial charge in [0, 0.05) is 44.1 Å². The fraction of sp³-hybridized carbons (Fsp3) is 0.947. The van der Waals surface area contributed by atoms with Gasteiger partial charge in [-0.1, -0.05) is 12.8 Å². The standard InChI is InChI=1S/C19H34N4O/c1-3-20-19(21-10-11-22(2)14-6-4-5-7-14)23-12-15-16(13-23)18-9-8-17(15)24-18/h14-18H,3-13H2,1-2H3,(H,20,21). The zero-order chi connectivity index (χ0) is 16.5. The smallest absolute Gasteiger partial charge is 0.193 e. The predicted molar refractivity (Wildman–Crippen MR) is 97.3 cm³/mol. The molecule has 0 aromatic rings. The van der Waals surface area contributed by atoms with Crippen molar-refractivity contribution in [1.82, 2.24) is 15.1 Å². The lowest BCUT2D eigenvalue weighted by Crippen LogP contribution is -2.42. The highest BCUT2D eigenvalue weighted by Gasteiger charge is 2.53. The van der Waals surface area contributed by atoms with Crippen molar-refractivity contribution >= 4 is 5.96 Å². The Morgan fingerprint density at radius 3 is 2.42 bits per heavy atom. The second-order valence-electron chi connectivity index (χ2n) is 8.18. The van der Waals surface area contributed by atoms with E-state index in [-0.39, 0.29) is 0 Å². The number of hydrogen-bond donors (Lipinski definition) is 1. The number of nitrogens with zero attached hydrogens (tertiary/aromatic N) is 3.